The molecule has 0 saturated heterocycles. The van der Waals surface area contributed by atoms with E-state index in [4.69, 9.17) is 0 Å². The average Bonchev–Trinajstić information content (AvgIpc) is 2.63. The molecule has 0 spiro atoms. The molecule has 5 nitrogen and oxygen atoms in total. The van der Waals surface area contributed by atoms with Crippen molar-refractivity contribution < 1.29 is 18.7 Å². The number of hydrogen-bond donors (Lipinski definition) is 1. The Morgan fingerprint density at radius 2 is 1.93 bits per heavy atom. The fraction of sp³-hybridized carbons (Fsp3) is 0.273. The second-order valence-corrected chi connectivity index (χ2v) is 7.53. The zero-order chi connectivity index (χ0) is 21.3. The minimum atomic E-state index is -1.35. The van der Waals surface area contributed by atoms with Crippen molar-refractivity contribution in [1.29, 1.82) is 0 Å². The first-order valence-electron chi connectivity index (χ1n) is 9.23. The van der Waals surface area contributed by atoms with E-state index in [2.05, 4.69) is 0 Å². The number of halogens is 2. The quantitative estimate of drug-likeness (QED) is 0.671. The summed E-state index contributed by atoms with van der Waals surface area (Å²) in [5, 5.41) is 9.36. The van der Waals surface area contributed by atoms with Crippen molar-refractivity contribution in [3.05, 3.63) is 75.6 Å². The highest BCUT2D eigenvalue weighted by molar-refractivity contribution is 5.93. The Morgan fingerprint density at radius 1 is 1.21 bits per heavy atom. The Labute approximate surface area is 166 Å². The van der Waals surface area contributed by atoms with Crippen LogP contribution in [0.4, 0.5) is 14.5 Å². The van der Waals surface area contributed by atoms with Gasteiger partial charge in [-0.05, 0) is 35.7 Å². The highest BCUT2D eigenvalue weighted by Crippen LogP contribution is 2.26. The van der Waals surface area contributed by atoms with Gasteiger partial charge >= 0.3 is 5.97 Å². The fourth-order valence-corrected chi connectivity index (χ4v) is 3.38. The Hall–Kier alpha value is -3.22. The summed E-state index contributed by atoms with van der Waals surface area (Å²) in [6.45, 7) is 4.66. The molecule has 0 aliphatic carbocycles. The molecule has 1 aromatic heterocycles. The fourth-order valence-electron chi connectivity index (χ4n) is 3.38. The first kappa shape index (κ1) is 20.5. The minimum Gasteiger partial charge on any atom is -0.477 e. The summed E-state index contributed by atoms with van der Waals surface area (Å²) in [6.07, 6.45) is 1.31. The van der Waals surface area contributed by atoms with Crippen LogP contribution < -0.4 is 10.3 Å². The number of hydrogen-bond acceptors (Lipinski definition) is 3. The maximum atomic E-state index is 14.8. The summed E-state index contributed by atoms with van der Waals surface area (Å²) in [5.74, 6) is -2.18. The van der Waals surface area contributed by atoms with E-state index in [0.29, 0.717) is 17.6 Å². The van der Waals surface area contributed by atoms with E-state index in [1.54, 1.807) is 34.7 Å². The molecule has 0 saturated carbocycles. The number of aromatic nitrogens is 1. The summed E-state index contributed by atoms with van der Waals surface area (Å²) >= 11 is 0. The van der Waals surface area contributed by atoms with Gasteiger partial charge in [0.2, 0.25) is 5.43 Å². The average molecular weight is 400 g/mol. The van der Waals surface area contributed by atoms with Gasteiger partial charge in [-0.25, -0.2) is 13.6 Å². The standard InChI is InChI=1S/C22H22F2N2O3/c1-13(2)10-26-12-17(22(28)29)21(27)16-8-18(24)20(9-19(16)26)25(3)11-14-5-4-6-15(23)7-14/h4-9,12-13H,10-11H2,1-3H3,(H,28,29). The summed E-state index contributed by atoms with van der Waals surface area (Å²) < 4.78 is 30.0. The minimum absolute atomic E-state index is 0.0194. The number of carboxylic acid groups (broad SMARTS) is 1. The highest BCUT2D eigenvalue weighted by Gasteiger charge is 2.19. The van der Waals surface area contributed by atoms with Crippen LogP contribution >= 0.6 is 0 Å². The van der Waals surface area contributed by atoms with Crippen molar-refractivity contribution in [1.82, 2.24) is 4.57 Å². The molecular weight excluding hydrogens is 378 g/mol. The molecule has 3 aromatic rings. The van der Waals surface area contributed by atoms with Gasteiger partial charge in [-0.15, -0.1) is 0 Å². The number of anilines is 1. The van der Waals surface area contributed by atoms with Crippen LogP contribution in [-0.4, -0.2) is 22.7 Å². The first-order chi connectivity index (χ1) is 13.7. The number of pyridine rings is 1. The van der Waals surface area contributed by atoms with Crippen LogP contribution in [-0.2, 0) is 13.1 Å². The molecular formula is C22H22F2N2O3. The number of nitrogens with zero attached hydrogens (tertiary/aromatic N) is 2. The second kappa shape index (κ2) is 8.03. The molecule has 29 heavy (non-hydrogen) atoms. The van der Waals surface area contributed by atoms with Gasteiger partial charge < -0.3 is 14.6 Å². The summed E-state index contributed by atoms with van der Waals surface area (Å²) in [5.41, 5.74) is 0.259. The topological polar surface area (TPSA) is 62.5 Å². The van der Waals surface area contributed by atoms with Crippen LogP contribution in [0.1, 0.15) is 29.8 Å². The lowest BCUT2D eigenvalue weighted by Gasteiger charge is -2.22. The molecule has 0 atom stereocenters. The Kier molecular flexibility index (Phi) is 5.68. The first-order valence-corrected chi connectivity index (χ1v) is 9.23. The number of aromatic carboxylic acids is 1. The largest absolute Gasteiger partial charge is 0.477 e. The van der Waals surface area contributed by atoms with Gasteiger partial charge in [0.1, 0.15) is 17.2 Å². The Morgan fingerprint density at radius 3 is 2.55 bits per heavy atom. The van der Waals surface area contributed by atoms with Crippen LogP contribution in [0.25, 0.3) is 10.9 Å². The number of carbonyl (C=O) groups is 1. The molecule has 0 aliphatic heterocycles. The lowest BCUT2D eigenvalue weighted by atomic mass is 10.1. The van der Waals surface area contributed by atoms with Crippen molar-refractivity contribution in [2.24, 2.45) is 5.92 Å². The number of carboxylic acids is 1. The zero-order valence-corrected chi connectivity index (χ0v) is 16.4. The van der Waals surface area contributed by atoms with E-state index in [1.165, 1.54) is 18.3 Å². The molecule has 7 heteroatoms. The third-order valence-corrected chi connectivity index (χ3v) is 4.66. The van der Waals surface area contributed by atoms with Gasteiger partial charge in [0.25, 0.3) is 0 Å². The van der Waals surface area contributed by atoms with E-state index < -0.39 is 22.8 Å². The van der Waals surface area contributed by atoms with Gasteiger partial charge in [-0.3, -0.25) is 4.79 Å². The van der Waals surface area contributed by atoms with E-state index in [9.17, 15) is 23.5 Å². The number of rotatable bonds is 6. The van der Waals surface area contributed by atoms with Crippen LogP contribution in [0.2, 0.25) is 0 Å². The van der Waals surface area contributed by atoms with Gasteiger partial charge in [0, 0.05) is 31.7 Å². The van der Waals surface area contributed by atoms with Gasteiger partial charge in [0.05, 0.1) is 11.2 Å². The number of fused-ring (bicyclic) bond motifs is 1. The third-order valence-electron chi connectivity index (χ3n) is 4.66. The molecule has 1 N–H and O–H groups in total. The smallest absolute Gasteiger partial charge is 0.341 e. The molecule has 0 radical (unpaired) electrons. The maximum Gasteiger partial charge on any atom is 0.341 e. The molecule has 0 bridgehead atoms. The van der Waals surface area contributed by atoms with E-state index >= 15 is 0 Å². The predicted molar refractivity (Wildman–Crippen MR) is 108 cm³/mol. The predicted octanol–water partition coefficient (Wildman–Crippen LogP) is 4.27. The highest BCUT2D eigenvalue weighted by atomic mass is 19.1. The van der Waals surface area contributed by atoms with Crippen LogP contribution in [0.3, 0.4) is 0 Å². The maximum absolute atomic E-state index is 14.8. The molecule has 0 fully saturated rings. The molecule has 1 heterocycles. The molecule has 0 aliphatic rings. The zero-order valence-electron chi connectivity index (χ0n) is 16.4. The van der Waals surface area contributed by atoms with Crippen molar-refractivity contribution in [2.75, 3.05) is 11.9 Å². The van der Waals surface area contributed by atoms with Crippen LogP contribution in [0.5, 0.6) is 0 Å². The number of benzene rings is 2. The molecule has 0 unspecified atom stereocenters. The molecule has 152 valence electrons. The van der Waals surface area contributed by atoms with E-state index in [-0.39, 0.29) is 29.4 Å². The monoisotopic (exact) mass is 400 g/mol. The van der Waals surface area contributed by atoms with Gasteiger partial charge in [0.15, 0.2) is 0 Å². The van der Waals surface area contributed by atoms with Gasteiger partial charge in [-0.1, -0.05) is 26.0 Å². The van der Waals surface area contributed by atoms with Crippen LogP contribution in [0.15, 0.2) is 47.4 Å². The third kappa shape index (κ3) is 4.29. The molecule has 3 rings (SSSR count). The van der Waals surface area contributed by atoms with Crippen molar-refractivity contribution in [3.63, 3.8) is 0 Å². The van der Waals surface area contributed by atoms with Crippen LogP contribution in [0, 0.1) is 17.6 Å². The second-order valence-electron chi connectivity index (χ2n) is 7.53. The SMILES string of the molecule is CC(C)Cn1cc(C(=O)O)c(=O)c2cc(F)c(N(C)Cc3cccc(F)c3)cc21. The lowest BCUT2D eigenvalue weighted by Crippen LogP contribution is -2.22. The van der Waals surface area contributed by atoms with Gasteiger partial charge in [-0.2, -0.15) is 0 Å². The summed E-state index contributed by atoms with van der Waals surface area (Å²) in [4.78, 5) is 25.6. The van der Waals surface area contributed by atoms with Crippen molar-refractivity contribution in [2.45, 2.75) is 26.9 Å². The molecule has 0 amide bonds. The summed E-state index contributed by atoms with van der Waals surface area (Å²) in [7, 11) is 1.67. The Bertz CT molecular complexity index is 1140. The van der Waals surface area contributed by atoms with Crippen molar-refractivity contribution >= 4 is 22.6 Å². The molecule has 2 aromatic carbocycles. The lowest BCUT2D eigenvalue weighted by molar-refractivity contribution is 0.0694. The van der Waals surface area contributed by atoms with E-state index in [1.807, 2.05) is 13.8 Å². The Balaban J connectivity index is 2.14. The summed E-state index contributed by atoms with van der Waals surface area (Å²) in [6, 6.07) is 8.67. The van der Waals surface area contributed by atoms with E-state index in [0.717, 1.165) is 6.07 Å². The van der Waals surface area contributed by atoms with Crippen molar-refractivity contribution in [3.8, 4) is 0 Å². The normalized spacial score (nSPS) is 11.2.